The molecule has 0 bridgehead atoms. The molecule has 0 aliphatic rings. The van der Waals surface area contributed by atoms with Crippen LogP contribution in [0.5, 0.6) is 5.75 Å². The summed E-state index contributed by atoms with van der Waals surface area (Å²) in [7, 11) is 0. The van der Waals surface area contributed by atoms with Gasteiger partial charge in [-0.1, -0.05) is 26.0 Å². The largest absolute Gasteiger partial charge is 0.508 e. The van der Waals surface area contributed by atoms with E-state index in [0.717, 1.165) is 0 Å². The first-order chi connectivity index (χ1) is 8.88. The fraction of sp³-hybridized carbons (Fsp3) is 0.429. The van der Waals surface area contributed by atoms with Gasteiger partial charge in [-0.05, 0) is 30.0 Å². The molecule has 3 N–H and O–H groups in total. The number of phenolic OH excluding ortho intramolecular Hbond substituents is 1. The molecule has 0 unspecified atom stereocenters. The third-order valence-electron chi connectivity index (χ3n) is 2.62. The predicted octanol–water partition coefficient (Wildman–Crippen LogP) is 1.55. The van der Waals surface area contributed by atoms with Crippen LogP contribution in [-0.2, 0) is 16.0 Å². The number of carbonyl (C=O) groups excluding carboxylic acids is 1. The van der Waals surface area contributed by atoms with E-state index < -0.39 is 12.0 Å². The van der Waals surface area contributed by atoms with Crippen molar-refractivity contribution in [2.75, 3.05) is 0 Å². The molecular formula is C14H19NO4. The second kappa shape index (κ2) is 6.78. The number of nitrogens with one attached hydrogen (secondary N) is 1. The molecule has 5 heteroatoms. The smallest absolute Gasteiger partial charge is 0.326 e. The van der Waals surface area contributed by atoms with E-state index in [0.29, 0.717) is 12.0 Å². The first kappa shape index (κ1) is 15.0. The third-order valence-corrected chi connectivity index (χ3v) is 2.62. The van der Waals surface area contributed by atoms with Crippen molar-refractivity contribution in [3.05, 3.63) is 29.8 Å². The lowest BCUT2D eigenvalue weighted by Crippen LogP contribution is -2.42. The standard InChI is InChI=1S/C14H19NO4/c1-9(2)6-12(14(18)19)15-13(17)8-10-4-3-5-11(16)7-10/h3-5,7,9,12,16H,6,8H2,1-2H3,(H,15,17)(H,18,19)/t12-/m0/s1. The molecule has 0 aromatic heterocycles. The minimum Gasteiger partial charge on any atom is -0.508 e. The predicted molar refractivity (Wildman–Crippen MR) is 70.8 cm³/mol. The van der Waals surface area contributed by atoms with E-state index in [4.69, 9.17) is 5.11 Å². The van der Waals surface area contributed by atoms with Gasteiger partial charge in [-0.2, -0.15) is 0 Å². The van der Waals surface area contributed by atoms with Crippen molar-refractivity contribution >= 4 is 11.9 Å². The van der Waals surface area contributed by atoms with Crippen molar-refractivity contribution in [3.63, 3.8) is 0 Å². The van der Waals surface area contributed by atoms with Gasteiger partial charge in [0.25, 0.3) is 0 Å². The monoisotopic (exact) mass is 265 g/mol. The zero-order chi connectivity index (χ0) is 14.4. The minimum atomic E-state index is -1.03. The highest BCUT2D eigenvalue weighted by atomic mass is 16.4. The number of amides is 1. The van der Waals surface area contributed by atoms with E-state index in [2.05, 4.69) is 5.32 Å². The Balaban J connectivity index is 2.60. The lowest BCUT2D eigenvalue weighted by molar-refractivity contribution is -0.142. The summed E-state index contributed by atoms with van der Waals surface area (Å²) in [6.07, 6.45) is 0.442. The van der Waals surface area contributed by atoms with Crippen molar-refractivity contribution in [3.8, 4) is 5.75 Å². The average Bonchev–Trinajstić information content (AvgIpc) is 2.27. The van der Waals surface area contributed by atoms with Crippen LogP contribution in [0.15, 0.2) is 24.3 Å². The van der Waals surface area contributed by atoms with E-state index in [1.54, 1.807) is 12.1 Å². The molecule has 1 amide bonds. The van der Waals surface area contributed by atoms with Crippen LogP contribution >= 0.6 is 0 Å². The molecular weight excluding hydrogens is 246 g/mol. The summed E-state index contributed by atoms with van der Waals surface area (Å²) in [5, 5.41) is 20.8. The molecule has 0 spiro atoms. The number of benzene rings is 1. The number of phenols is 1. The van der Waals surface area contributed by atoms with Crippen LogP contribution in [-0.4, -0.2) is 28.1 Å². The second-order valence-electron chi connectivity index (χ2n) is 4.93. The number of aromatic hydroxyl groups is 1. The number of hydrogen-bond acceptors (Lipinski definition) is 3. The molecule has 0 heterocycles. The lowest BCUT2D eigenvalue weighted by atomic mass is 10.0. The normalized spacial score (nSPS) is 12.2. The first-order valence-electron chi connectivity index (χ1n) is 6.18. The minimum absolute atomic E-state index is 0.0519. The summed E-state index contributed by atoms with van der Waals surface area (Å²) < 4.78 is 0. The van der Waals surface area contributed by atoms with Crippen LogP contribution in [0.4, 0.5) is 0 Å². The SMILES string of the molecule is CC(C)C[C@H](NC(=O)Cc1cccc(O)c1)C(=O)O. The second-order valence-corrected chi connectivity index (χ2v) is 4.93. The molecule has 0 aliphatic heterocycles. The van der Waals surface area contributed by atoms with Gasteiger partial charge in [-0.15, -0.1) is 0 Å². The van der Waals surface area contributed by atoms with Gasteiger partial charge >= 0.3 is 5.97 Å². The van der Waals surface area contributed by atoms with Crippen molar-refractivity contribution in [2.45, 2.75) is 32.7 Å². The van der Waals surface area contributed by atoms with E-state index in [1.807, 2.05) is 13.8 Å². The van der Waals surface area contributed by atoms with E-state index >= 15 is 0 Å². The molecule has 0 fully saturated rings. The number of hydrogen-bond donors (Lipinski definition) is 3. The fourth-order valence-electron chi connectivity index (χ4n) is 1.79. The van der Waals surface area contributed by atoms with Crippen molar-refractivity contribution in [1.29, 1.82) is 0 Å². The fourth-order valence-corrected chi connectivity index (χ4v) is 1.79. The summed E-state index contributed by atoms with van der Waals surface area (Å²) in [5.41, 5.74) is 0.645. The van der Waals surface area contributed by atoms with E-state index in [1.165, 1.54) is 12.1 Å². The third kappa shape index (κ3) is 5.42. The Labute approximate surface area is 112 Å². The summed E-state index contributed by atoms with van der Waals surface area (Å²) >= 11 is 0. The highest BCUT2D eigenvalue weighted by Gasteiger charge is 2.20. The van der Waals surface area contributed by atoms with Gasteiger partial charge in [-0.25, -0.2) is 4.79 Å². The molecule has 19 heavy (non-hydrogen) atoms. The first-order valence-corrected chi connectivity index (χ1v) is 6.18. The molecule has 1 atom stereocenters. The summed E-state index contributed by atoms with van der Waals surface area (Å²) in [5.74, 6) is -1.12. The van der Waals surface area contributed by atoms with Crippen molar-refractivity contribution in [2.24, 2.45) is 5.92 Å². The highest BCUT2D eigenvalue weighted by molar-refractivity contribution is 5.84. The topological polar surface area (TPSA) is 86.6 Å². The van der Waals surface area contributed by atoms with Gasteiger partial charge in [0.1, 0.15) is 11.8 Å². The van der Waals surface area contributed by atoms with Gasteiger partial charge in [0.15, 0.2) is 0 Å². The van der Waals surface area contributed by atoms with Gasteiger partial charge < -0.3 is 15.5 Å². The Hall–Kier alpha value is -2.04. The van der Waals surface area contributed by atoms with E-state index in [-0.39, 0.29) is 24.0 Å². The van der Waals surface area contributed by atoms with Crippen molar-refractivity contribution in [1.82, 2.24) is 5.32 Å². The van der Waals surface area contributed by atoms with Crippen LogP contribution in [0.1, 0.15) is 25.8 Å². The van der Waals surface area contributed by atoms with Gasteiger partial charge in [0.2, 0.25) is 5.91 Å². The zero-order valence-corrected chi connectivity index (χ0v) is 11.1. The highest BCUT2D eigenvalue weighted by Crippen LogP contribution is 2.11. The van der Waals surface area contributed by atoms with Crippen molar-refractivity contribution < 1.29 is 19.8 Å². The zero-order valence-electron chi connectivity index (χ0n) is 11.1. The maximum Gasteiger partial charge on any atom is 0.326 e. The van der Waals surface area contributed by atoms with Gasteiger partial charge in [0.05, 0.1) is 6.42 Å². The summed E-state index contributed by atoms with van der Waals surface area (Å²) in [4.78, 5) is 22.8. The number of carboxylic acids is 1. The Morgan fingerprint density at radius 2 is 2.00 bits per heavy atom. The number of carboxylic acid groups (broad SMARTS) is 1. The number of rotatable bonds is 6. The maximum absolute atomic E-state index is 11.8. The Bertz CT molecular complexity index is 457. The molecule has 0 saturated carbocycles. The molecule has 1 rings (SSSR count). The molecule has 5 nitrogen and oxygen atoms in total. The van der Waals surface area contributed by atoms with Crippen LogP contribution < -0.4 is 5.32 Å². The molecule has 1 aromatic carbocycles. The summed E-state index contributed by atoms with van der Waals surface area (Å²) in [6, 6.07) is 5.47. The lowest BCUT2D eigenvalue weighted by Gasteiger charge is -2.16. The van der Waals surface area contributed by atoms with Crippen LogP contribution in [0.3, 0.4) is 0 Å². The molecule has 0 aliphatic carbocycles. The van der Waals surface area contributed by atoms with Crippen LogP contribution in [0, 0.1) is 5.92 Å². The summed E-state index contributed by atoms with van der Waals surface area (Å²) in [6.45, 7) is 3.80. The molecule has 1 aromatic rings. The van der Waals surface area contributed by atoms with E-state index in [9.17, 15) is 14.7 Å². The quantitative estimate of drug-likeness (QED) is 0.728. The number of carbonyl (C=O) groups is 2. The van der Waals surface area contributed by atoms with Gasteiger partial charge in [-0.3, -0.25) is 4.79 Å². The number of aliphatic carboxylic acids is 1. The Kier molecular flexibility index (Phi) is 5.36. The maximum atomic E-state index is 11.8. The Morgan fingerprint density at radius 1 is 1.32 bits per heavy atom. The molecule has 0 radical (unpaired) electrons. The Morgan fingerprint density at radius 3 is 2.53 bits per heavy atom. The van der Waals surface area contributed by atoms with Crippen LogP contribution in [0.2, 0.25) is 0 Å². The van der Waals surface area contributed by atoms with Crippen LogP contribution in [0.25, 0.3) is 0 Å². The van der Waals surface area contributed by atoms with Gasteiger partial charge in [0, 0.05) is 0 Å². The molecule has 104 valence electrons. The average molecular weight is 265 g/mol. The molecule has 0 saturated heterocycles.